The molecule has 0 bridgehead atoms. The average Bonchev–Trinajstić information content (AvgIpc) is 2.39. The molecule has 0 aliphatic heterocycles. The Balaban J connectivity index is 2.60. The lowest BCUT2D eigenvalue weighted by atomic mass is 10.1. The zero-order chi connectivity index (χ0) is 15.0. The SMILES string of the molecule is CCCN(CCO)CC(=O)Nc1cccc(C(C)=O)c1. The van der Waals surface area contributed by atoms with E-state index in [9.17, 15) is 9.59 Å². The number of carbonyl (C=O) groups is 2. The van der Waals surface area contributed by atoms with Crippen LogP contribution in [0.3, 0.4) is 0 Å². The molecule has 1 aromatic rings. The lowest BCUT2D eigenvalue weighted by Crippen LogP contribution is -2.35. The highest BCUT2D eigenvalue weighted by molar-refractivity contribution is 5.97. The van der Waals surface area contributed by atoms with Crippen molar-refractivity contribution < 1.29 is 14.7 Å². The van der Waals surface area contributed by atoms with Crippen LogP contribution < -0.4 is 5.32 Å². The molecule has 0 spiro atoms. The summed E-state index contributed by atoms with van der Waals surface area (Å²) in [5, 5.41) is 11.7. The molecule has 5 nitrogen and oxygen atoms in total. The third kappa shape index (κ3) is 5.50. The summed E-state index contributed by atoms with van der Waals surface area (Å²) < 4.78 is 0. The Hall–Kier alpha value is -1.72. The number of aliphatic hydroxyl groups excluding tert-OH is 1. The van der Waals surface area contributed by atoms with E-state index in [2.05, 4.69) is 5.32 Å². The van der Waals surface area contributed by atoms with Gasteiger partial charge in [0.15, 0.2) is 5.78 Å². The van der Waals surface area contributed by atoms with Gasteiger partial charge in [-0.1, -0.05) is 19.1 Å². The van der Waals surface area contributed by atoms with Gasteiger partial charge in [0.25, 0.3) is 0 Å². The van der Waals surface area contributed by atoms with Crippen molar-refractivity contribution in [3.8, 4) is 0 Å². The van der Waals surface area contributed by atoms with Crippen LogP contribution in [0.1, 0.15) is 30.6 Å². The molecule has 0 unspecified atom stereocenters. The number of ketones is 1. The molecular formula is C15H22N2O3. The molecule has 1 rings (SSSR count). The minimum Gasteiger partial charge on any atom is -0.395 e. The van der Waals surface area contributed by atoms with Gasteiger partial charge in [-0.15, -0.1) is 0 Å². The van der Waals surface area contributed by atoms with Crippen molar-refractivity contribution in [3.63, 3.8) is 0 Å². The number of anilines is 1. The topological polar surface area (TPSA) is 69.6 Å². The van der Waals surface area contributed by atoms with Gasteiger partial charge in [0.1, 0.15) is 0 Å². The highest BCUT2D eigenvalue weighted by Crippen LogP contribution is 2.11. The van der Waals surface area contributed by atoms with Gasteiger partial charge >= 0.3 is 0 Å². The van der Waals surface area contributed by atoms with E-state index in [0.29, 0.717) is 17.8 Å². The number of amides is 1. The molecule has 0 fully saturated rings. The second-order valence-corrected chi connectivity index (χ2v) is 4.68. The highest BCUT2D eigenvalue weighted by Gasteiger charge is 2.10. The smallest absolute Gasteiger partial charge is 0.238 e. The number of benzene rings is 1. The highest BCUT2D eigenvalue weighted by atomic mass is 16.3. The molecule has 0 atom stereocenters. The number of Topliss-reactive ketones (excluding diaryl/α,β-unsaturated/α-hetero) is 1. The third-order valence-corrected chi connectivity index (χ3v) is 2.88. The van der Waals surface area contributed by atoms with E-state index in [1.54, 1.807) is 24.3 Å². The Bertz CT molecular complexity index is 454. The predicted molar refractivity (Wildman–Crippen MR) is 78.9 cm³/mol. The molecule has 0 heterocycles. The van der Waals surface area contributed by atoms with Crippen LogP contribution in [-0.4, -0.2) is 47.9 Å². The summed E-state index contributed by atoms with van der Waals surface area (Å²) in [5.41, 5.74) is 1.19. The van der Waals surface area contributed by atoms with Crippen LogP contribution in [0.25, 0.3) is 0 Å². The molecule has 20 heavy (non-hydrogen) atoms. The molecule has 0 saturated heterocycles. The Morgan fingerprint density at radius 1 is 1.30 bits per heavy atom. The molecule has 0 aliphatic rings. The lowest BCUT2D eigenvalue weighted by Gasteiger charge is -2.19. The largest absolute Gasteiger partial charge is 0.395 e. The number of carbonyl (C=O) groups excluding carboxylic acids is 2. The van der Waals surface area contributed by atoms with Gasteiger partial charge in [-0.3, -0.25) is 14.5 Å². The molecular weight excluding hydrogens is 256 g/mol. The van der Waals surface area contributed by atoms with Crippen LogP contribution in [-0.2, 0) is 4.79 Å². The number of hydrogen-bond acceptors (Lipinski definition) is 4. The van der Waals surface area contributed by atoms with Crippen molar-refractivity contribution in [2.45, 2.75) is 20.3 Å². The van der Waals surface area contributed by atoms with E-state index in [1.807, 2.05) is 11.8 Å². The molecule has 2 N–H and O–H groups in total. The minimum atomic E-state index is -0.146. The van der Waals surface area contributed by atoms with Gasteiger partial charge in [0.2, 0.25) is 5.91 Å². The van der Waals surface area contributed by atoms with Crippen LogP contribution in [0.5, 0.6) is 0 Å². The number of nitrogens with one attached hydrogen (secondary N) is 1. The van der Waals surface area contributed by atoms with Crippen molar-refractivity contribution >= 4 is 17.4 Å². The summed E-state index contributed by atoms with van der Waals surface area (Å²) in [5.74, 6) is -0.179. The van der Waals surface area contributed by atoms with Gasteiger partial charge < -0.3 is 10.4 Å². The van der Waals surface area contributed by atoms with E-state index in [-0.39, 0.29) is 24.8 Å². The van der Waals surface area contributed by atoms with Crippen LogP contribution in [0, 0.1) is 0 Å². The Labute approximate surface area is 119 Å². The molecule has 110 valence electrons. The van der Waals surface area contributed by atoms with Crippen LogP contribution >= 0.6 is 0 Å². The van der Waals surface area contributed by atoms with Crippen LogP contribution in [0.4, 0.5) is 5.69 Å². The fourth-order valence-corrected chi connectivity index (χ4v) is 1.95. The van der Waals surface area contributed by atoms with Crippen molar-refractivity contribution in [2.75, 3.05) is 31.6 Å². The quantitative estimate of drug-likeness (QED) is 0.708. The van der Waals surface area contributed by atoms with Crippen LogP contribution in [0.2, 0.25) is 0 Å². The molecule has 0 aromatic heterocycles. The van der Waals surface area contributed by atoms with E-state index in [4.69, 9.17) is 5.11 Å². The maximum Gasteiger partial charge on any atom is 0.238 e. The van der Waals surface area contributed by atoms with E-state index in [0.717, 1.165) is 13.0 Å². The minimum absolute atomic E-state index is 0.0333. The zero-order valence-corrected chi connectivity index (χ0v) is 12.1. The number of rotatable bonds is 8. The summed E-state index contributed by atoms with van der Waals surface area (Å²) in [7, 11) is 0. The summed E-state index contributed by atoms with van der Waals surface area (Å²) in [6.45, 7) is 5.03. The Morgan fingerprint density at radius 2 is 2.05 bits per heavy atom. The first kappa shape index (κ1) is 16.3. The van der Waals surface area contributed by atoms with E-state index in [1.165, 1.54) is 6.92 Å². The maximum atomic E-state index is 11.9. The molecule has 0 saturated carbocycles. The number of hydrogen-bond donors (Lipinski definition) is 2. The summed E-state index contributed by atoms with van der Waals surface area (Å²) in [6, 6.07) is 6.87. The normalized spacial score (nSPS) is 10.6. The lowest BCUT2D eigenvalue weighted by molar-refractivity contribution is -0.117. The molecule has 0 radical (unpaired) electrons. The van der Waals surface area contributed by atoms with E-state index < -0.39 is 0 Å². The van der Waals surface area contributed by atoms with Crippen molar-refractivity contribution in [1.29, 1.82) is 0 Å². The van der Waals surface area contributed by atoms with Crippen molar-refractivity contribution in [1.82, 2.24) is 4.90 Å². The average molecular weight is 278 g/mol. The molecule has 1 aromatic carbocycles. The second-order valence-electron chi connectivity index (χ2n) is 4.68. The second kappa shape index (κ2) is 8.45. The molecule has 0 aliphatic carbocycles. The monoisotopic (exact) mass is 278 g/mol. The summed E-state index contributed by atoms with van der Waals surface area (Å²) in [4.78, 5) is 25.1. The third-order valence-electron chi connectivity index (χ3n) is 2.88. The van der Waals surface area contributed by atoms with Gasteiger partial charge in [-0.05, 0) is 32.0 Å². The first-order valence-electron chi connectivity index (χ1n) is 6.81. The zero-order valence-electron chi connectivity index (χ0n) is 12.1. The predicted octanol–water partition coefficient (Wildman–Crippen LogP) is 1.53. The van der Waals surface area contributed by atoms with Gasteiger partial charge in [0.05, 0.1) is 13.2 Å². The van der Waals surface area contributed by atoms with Gasteiger partial charge in [-0.2, -0.15) is 0 Å². The van der Waals surface area contributed by atoms with E-state index >= 15 is 0 Å². The molecule has 1 amide bonds. The first-order valence-corrected chi connectivity index (χ1v) is 6.81. The first-order chi connectivity index (χ1) is 9.56. The number of aliphatic hydroxyl groups is 1. The summed E-state index contributed by atoms with van der Waals surface area (Å²) >= 11 is 0. The molecule has 5 heteroatoms. The van der Waals surface area contributed by atoms with Crippen molar-refractivity contribution in [3.05, 3.63) is 29.8 Å². The maximum absolute atomic E-state index is 11.9. The Kier molecular flexibility index (Phi) is 6.90. The van der Waals surface area contributed by atoms with Crippen LogP contribution in [0.15, 0.2) is 24.3 Å². The van der Waals surface area contributed by atoms with Gasteiger partial charge in [-0.25, -0.2) is 0 Å². The summed E-state index contributed by atoms with van der Waals surface area (Å²) in [6.07, 6.45) is 0.924. The fraction of sp³-hybridized carbons (Fsp3) is 0.467. The standard InChI is InChI=1S/C15H22N2O3/c1-3-7-17(8-9-18)11-15(20)16-14-6-4-5-13(10-14)12(2)19/h4-6,10,18H,3,7-9,11H2,1-2H3,(H,16,20). The van der Waals surface area contributed by atoms with Gasteiger partial charge in [0, 0.05) is 17.8 Å². The van der Waals surface area contributed by atoms with Crippen molar-refractivity contribution in [2.24, 2.45) is 0 Å². The Morgan fingerprint density at radius 3 is 2.65 bits per heavy atom. The number of nitrogens with zero attached hydrogens (tertiary/aromatic N) is 1. The fourth-order valence-electron chi connectivity index (χ4n) is 1.95.